The van der Waals surface area contributed by atoms with Crippen LogP contribution in [-0.2, 0) is 6.54 Å². The lowest BCUT2D eigenvalue weighted by atomic mass is 10.1. The van der Waals surface area contributed by atoms with Crippen LogP contribution in [0.1, 0.15) is 15.9 Å². The molecule has 0 spiro atoms. The number of carbonyl (C=O) groups excluding carboxylic acids is 1. The predicted octanol–water partition coefficient (Wildman–Crippen LogP) is 3.48. The van der Waals surface area contributed by atoms with E-state index in [4.69, 9.17) is 11.6 Å². The first-order valence-corrected chi connectivity index (χ1v) is 9.43. The Labute approximate surface area is 163 Å². The molecule has 1 fully saturated rings. The van der Waals surface area contributed by atoms with E-state index in [0.29, 0.717) is 10.6 Å². The number of carbonyl (C=O) groups is 1. The summed E-state index contributed by atoms with van der Waals surface area (Å²) in [4.78, 5) is 16.9. The average molecular weight is 381 g/mol. The van der Waals surface area contributed by atoms with Crippen molar-refractivity contribution < 1.29 is 4.79 Å². The van der Waals surface area contributed by atoms with E-state index >= 15 is 0 Å². The molecule has 6 heteroatoms. The van der Waals surface area contributed by atoms with Gasteiger partial charge in [0.05, 0.1) is 5.69 Å². The predicted molar refractivity (Wildman–Crippen MR) is 106 cm³/mol. The first-order chi connectivity index (χ1) is 13.2. The summed E-state index contributed by atoms with van der Waals surface area (Å²) in [5, 5.41) is 4.84. The fraction of sp³-hybridized carbons (Fsp3) is 0.238. The van der Waals surface area contributed by atoms with Gasteiger partial charge in [-0.3, -0.25) is 9.69 Å². The number of amides is 1. The van der Waals surface area contributed by atoms with E-state index in [9.17, 15) is 4.79 Å². The number of hydrogen-bond acceptors (Lipinski definition) is 3. The Hall–Kier alpha value is -2.63. The van der Waals surface area contributed by atoms with Crippen LogP contribution in [0.25, 0.3) is 5.69 Å². The van der Waals surface area contributed by atoms with Gasteiger partial charge in [-0.05, 0) is 42.0 Å². The lowest BCUT2D eigenvalue weighted by molar-refractivity contribution is 0.0628. The highest BCUT2D eigenvalue weighted by Crippen LogP contribution is 2.16. The van der Waals surface area contributed by atoms with Crippen LogP contribution in [0.3, 0.4) is 0 Å². The molecule has 0 unspecified atom stereocenters. The average Bonchev–Trinajstić information content (AvgIpc) is 3.23. The Bertz CT molecular complexity index is 900. The zero-order valence-corrected chi connectivity index (χ0v) is 15.7. The minimum atomic E-state index is 0.0562. The van der Waals surface area contributed by atoms with Crippen LogP contribution < -0.4 is 0 Å². The quantitative estimate of drug-likeness (QED) is 0.695. The highest BCUT2D eigenvalue weighted by atomic mass is 35.5. The molecule has 3 aromatic rings. The largest absolute Gasteiger partial charge is 0.336 e. The van der Waals surface area contributed by atoms with Crippen molar-refractivity contribution in [3.63, 3.8) is 0 Å². The van der Waals surface area contributed by atoms with E-state index in [2.05, 4.69) is 34.3 Å². The SMILES string of the molecule is O=C(c1cccc(Cl)c1)N1CCN(Cc2ccc(-n3cccn3)cc2)CC1. The maximum Gasteiger partial charge on any atom is 0.253 e. The first kappa shape index (κ1) is 17.8. The van der Waals surface area contributed by atoms with Crippen molar-refractivity contribution in [1.82, 2.24) is 19.6 Å². The summed E-state index contributed by atoms with van der Waals surface area (Å²) in [5.41, 5.74) is 2.98. The number of nitrogens with zero attached hydrogens (tertiary/aromatic N) is 4. The van der Waals surface area contributed by atoms with Crippen molar-refractivity contribution in [3.8, 4) is 5.69 Å². The van der Waals surface area contributed by atoms with Gasteiger partial charge < -0.3 is 4.90 Å². The molecule has 2 heterocycles. The van der Waals surface area contributed by atoms with Crippen molar-refractivity contribution in [2.24, 2.45) is 0 Å². The summed E-state index contributed by atoms with van der Waals surface area (Å²) in [6, 6.07) is 17.5. The van der Waals surface area contributed by atoms with Crippen LogP contribution in [-0.4, -0.2) is 51.7 Å². The van der Waals surface area contributed by atoms with Gasteiger partial charge in [-0.1, -0.05) is 29.8 Å². The Balaban J connectivity index is 1.32. The zero-order valence-electron chi connectivity index (χ0n) is 15.0. The van der Waals surface area contributed by atoms with Crippen molar-refractivity contribution >= 4 is 17.5 Å². The molecule has 2 aromatic carbocycles. The number of hydrogen-bond donors (Lipinski definition) is 0. The van der Waals surface area contributed by atoms with E-state index in [1.807, 2.05) is 34.0 Å². The fourth-order valence-corrected chi connectivity index (χ4v) is 3.54. The third-order valence-corrected chi connectivity index (χ3v) is 5.08. The molecule has 1 aliphatic heterocycles. The van der Waals surface area contributed by atoms with Crippen LogP contribution in [0, 0.1) is 0 Å². The van der Waals surface area contributed by atoms with E-state index < -0.39 is 0 Å². The highest BCUT2D eigenvalue weighted by Gasteiger charge is 2.22. The monoisotopic (exact) mass is 380 g/mol. The molecule has 4 rings (SSSR count). The minimum absolute atomic E-state index is 0.0562. The molecule has 0 bridgehead atoms. The third kappa shape index (κ3) is 4.21. The van der Waals surface area contributed by atoms with E-state index in [-0.39, 0.29) is 5.91 Å². The van der Waals surface area contributed by atoms with Gasteiger partial charge in [0.2, 0.25) is 0 Å². The maximum absolute atomic E-state index is 12.6. The van der Waals surface area contributed by atoms with Crippen LogP contribution in [0.5, 0.6) is 0 Å². The Morgan fingerprint density at radius 1 is 1.00 bits per heavy atom. The van der Waals surface area contributed by atoms with Gasteiger partial charge in [-0.25, -0.2) is 4.68 Å². The molecular formula is C21H21ClN4O. The second kappa shape index (κ2) is 7.94. The van der Waals surface area contributed by atoms with Crippen molar-refractivity contribution in [3.05, 3.63) is 83.1 Å². The molecule has 0 N–H and O–H groups in total. The Kier molecular flexibility index (Phi) is 5.23. The smallest absolute Gasteiger partial charge is 0.253 e. The van der Waals surface area contributed by atoms with Crippen molar-refractivity contribution in [1.29, 1.82) is 0 Å². The molecule has 1 saturated heterocycles. The van der Waals surface area contributed by atoms with Crippen molar-refractivity contribution in [2.45, 2.75) is 6.54 Å². The first-order valence-electron chi connectivity index (χ1n) is 9.05. The Morgan fingerprint density at radius 2 is 1.78 bits per heavy atom. The molecule has 0 radical (unpaired) electrons. The minimum Gasteiger partial charge on any atom is -0.336 e. The summed E-state index contributed by atoms with van der Waals surface area (Å²) in [6.07, 6.45) is 3.71. The second-order valence-corrected chi connectivity index (χ2v) is 7.13. The van der Waals surface area contributed by atoms with Crippen LogP contribution in [0.4, 0.5) is 0 Å². The Morgan fingerprint density at radius 3 is 2.44 bits per heavy atom. The van der Waals surface area contributed by atoms with Gasteiger partial charge in [0.25, 0.3) is 5.91 Å². The molecule has 5 nitrogen and oxygen atoms in total. The van der Waals surface area contributed by atoms with Crippen molar-refractivity contribution in [2.75, 3.05) is 26.2 Å². The highest BCUT2D eigenvalue weighted by molar-refractivity contribution is 6.30. The van der Waals surface area contributed by atoms with E-state index in [0.717, 1.165) is 38.4 Å². The molecule has 1 aromatic heterocycles. The zero-order chi connectivity index (χ0) is 18.6. The molecular weight excluding hydrogens is 360 g/mol. The number of benzene rings is 2. The lowest BCUT2D eigenvalue weighted by Gasteiger charge is -2.34. The molecule has 1 aliphatic rings. The van der Waals surface area contributed by atoms with E-state index in [1.165, 1.54) is 5.56 Å². The summed E-state index contributed by atoms with van der Waals surface area (Å²) in [7, 11) is 0. The number of aromatic nitrogens is 2. The topological polar surface area (TPSA) is 41.4 Å². The molecule has 0 atom stereocenters. The van der Waals surface area contributed by atoms with Gasteiger partial charge in [-0.15, -0.1) is 0 Å². The van der Waals surface area contributed by atoms with Crippen LogP contribution in [0.15, 0.2) is 67.0 Å². The van der Waals surface area contributed by atoms with E-state index in [1.54, 1.807) is 18.3 Å². The van der Waals surface area contributed by atoms with Gasteiger partial charge in [0.15, 0.2) is 0 Å². The lowest BCUT2D eigenvalue weighted by Crippen LogP contribution is -2.48. The molecule has 1 amide bonds. The van der Waals surface area contributed by atoms with Crippen LogP contribution >= 0.6 is 11.6 Å². The second-order valence-electron chi connectivity index (χ2n) is 6.70. The third-order valence-electron chi connectivity index (χ3n) is 4.84. The maximum atomic E-state index is 12.6. The number of rotatable bonds is 4. The van der Waals surface area contributed by atoms with Gasteiger partial charge in [-0.2, -0.15) is 5.10 Å². The molecule has 27 heavy (non-hydrogen) atoms. The standard InChI is InChI=1S/C21H21ClN4O/c22-19-4-1-3-18(15-19)21(27)25-13-11-24(12-14-25)16-17-5-7-20(8-6-17)26-10-2-9-23-26/h1-10,15H,11-14,16H2. The van der Waals surface area contributed by atoms with Gasteiger partial charge >= 0.3 is 0 Å². The molecule has 0 aliphatic carbocycles. The summed E-state index contributed by atoms with van der Waals surface area (Å²) >= 11 is 6.00. The normalized spacial score (nSPS) is 15.1. The number of halogens is 1. The number of piperazine rings is 1. The van der Waals surface area contributed by atoms with Crippen LogP contribution in [0.2, 0.25) is 5.02 Å². The van der Waals surface area contributed by atoms with Gasteiger partial charge in [0, 0.05) is 55.7 Å². The summed E-state index contributed by atoms with van der Waals surface area (Å²) in [6.45, 7) is 4.09. The molecule has 0 saturated carbocycles. The fourth-order valence-electron chi connectivity index (χ4n) is 3.35. The summed E-state index contributed by atoms with van der Waals surface area (Å²) in [5.74, 6) is 0.0562. The molecule has 138 valence electrons. The van der Waals surface area contributed by atoms with Gasteiger partial charge in [0.1, 0.15) is 0 Å². The summed E-state index contributed by atoms with van der Waals surface area (Å²) < 4.78 is 1.85.